The Morgan fingerprint density at radius 2 is 1.48 bits per heavy atom. The minimum Gasteiger partial charge on any atom is -0.497 e. The minimum absolute atomic E-state index is 0.250. The summed E-state index contributed by atoms with van der Waals surface area (Å²) < 4.78 is 5.11. The van der Waals surface area contributed by atoms with Crippen LogP contribution in [0.15, 0.2) is 48.5 Å². The zero-order valence-electron chi connectivity index (χ0n) is 14.7. The minimum atomic E-state index is -0.250. The molecule has 2 aromatic carbocycles. The number of quaternary nitrogens is 1. The molecule has 0 radical (unpaired) electrons. The van der Waals surface area contributed by atoms with Crippen molar-refractivity contribution in [3.05, 3.63) is 54.1 Å². The van der Waals surface area contributed by atoms with E-state index in [2.05, 4.69) is 22.8 Å². The fourth-order valence-electron chi connectivity index (χ4n) is 3.19. The van der Waals surface area contributed by atoms with Gasteiger partial charge in [-0.15, -0.1) is 0 Å². The summed E-state index contributed by atoms with van der Waals surface area (Å²) in [6, 6.07) is 15.1. The summed E-state index contributed by atoms with van der Waals surface area (Å²) in [6.07, 6.45) is 4.04. The Balaban J connectivity index is 1.50. The van der Waals surface area contributed by atoms with Crippen LogP contribution < -0.4 is 20.3 Å². The zero-order chi connectivity index (χ0) is 17.5. The van der Waals surface area contributed by atoms with Crippen LogP contribution in [0.5, 0.6) is 5.75 Å². The number of hydrogen-bond acceptors (Lipinski definition) is 2. The van der Waals surface area contributed by atoms with Crippen LogP contribution in [-0.2, 0) is 6.54 Å². The van der Waals surface area contributed by atoms with Gasteiger partial charge in [0.1, 0.15) is 12.3 Å². The van der Waals surface area contributed by atoms with Gasteiger partial charge in [0.15, 0.2) is 0 Å². The number of rotatable bonds is 5. The van der Waals surface area contributed by atoms with Crippen LogP contribution in [-0.4, -0.2) is 26.2 Å². The normalized spacial score (nSPS) is 14.8. The van der Waals surface area contributed by atoms with Gasteiger partial charge < -0.3 is 20.3 Å². The first-order chi connectivity index (χ1) is 12.2. The fourth-order valence-corrected chi connectivity index (χ4v) is 3.19. The fraction of sp³-hybridized carbons (Fsp3) is 0.350. The molecule has 1 heterocycles. The highest BCUT2D eigenvalue weighted by molar-refractivity contribution is 5.99. The van der Waals surface area contributed by atoms with E-state index in [4.69, 9.17) is 4.74 Å². The molecule has 0 aliphatic carbocycles. The van der Waals surface area contributed by atoms with Gasteiger partial charge in [0.25, 0.3) is 0 Å². The van der Waals surface area contributed by atoms with E-state index in [-0.39, 0.29) is 6.03 Å². The van der Waals surface area contributed by atoms with Gasteiger partial charge >= 0.3 is 6.03 Å². The summed E-state index contributed by atoms with van der Waals surface area (Å²) in [5, 5.41) is 5.67. The number of hydrogen-bond donors (Lipinski definition) is 3. The van der Waals surface area contributed by atoms with Crippen LogP contribution in [0, 0.1) is 0 Å². The van der Waals surface area contributed by atoms with Gasteiger partial charge in [0, 0.05) is 16.9 Å². The zero-order valence-corrected chi connectivity index (χ0v) is 14.7. The molecule has 0 aromatic heterocycles. The largest absolute Gasteiger partial charge is 0.497 e. The van der Waals surface area contributed by atoms with Gasteiger partial charge in [-0.3, -0.25) is 0 Å². The van der Waals surface area contributed by atoms with E-state index in [0.29, 0.717) is 0 Å². The van der Waals surface area contributed by atoms with Crippen LogP contribution in [0.3, 0.4) is 0 Å². The molecule has 0 unspecified atom stereocenters. The first-order valence-electron chi connectivity index (χ1n) is 8.87. The lowest BCUT2D eigenvalue weighted by Crippen LogP contribution is -3.11. The van der Waals surface area contributed by atoms with E-state index in [9.17, 15) is 4.79 Å². The molecule has 1 aliphatic heterocycles. The molecule has 1 fully saturated rings. The molecule has 25 heavy (non-hydrogen) atoms. The topological polar surface area (TPSA) is 54.8 Å². The number of urea groups is 1. The Bertz CT molecular complexity index is 677. The first-order valence-corrected chi connectivity index (χ1v) is 8.87. The number of methoxy groups -OCH3 is 1. The summed E-state index contributed by atoms with van der Waals surface area (Å²) in [7, 11) is 1.62. The van der Waals surface area contributed by atoms with Gasteiger partial charge in [-0.05, 0) is 55.7 Å². The number of nitrogens with one attached hydrogen (secondary N) is 3. The van der Waals surface area contributed by atoms with Crippen LogP contribution in [0.25, 0.3) is 0 Å². The van der Waals surface area contributed by atoms with Crippen molar-refractivity contribution >= 4 is 17.4 Å². The Morgan fingerprint density at radius 1 is 0.920 bits per heavy atom. The maximum Gasteiger partial charge on any atom is 0.323 e. The molecule has 3 rings (SSSR count). The Morgan fingerprint density at radius 3 is 2.04 bits per heavy atom. The second-order valence-corrected chi connectivity index (χ2v) is 6.49. The smallest absolute Gasteiger partial charge is 0.323 e. The van der Waals surface area contributed by atoms with E-state index in [0.717, 1.165) is 23.7 Å². The Hall–Kier alpha value is -2.53. The summed E-state index contributed by atoms with van der Waals surface area (Å²) >= 11 is 0. The van der Waals surface area contributed by atoms with Crippen molar-refractivity contribution in [1.29, 1.82) is 0 Å². The van der Waals surface area contributed by atoms with E-state index in [1.807, 2.05) is 36.4 Å². The lowest BCUT2D eigenvalue weighted by Gasteiger charge is -2.23. The van der Waals surface area contributed by atoms with Crippen molar-refractivity contribution in [2.45, 2.75) is 25.8 Å². The summed E-state index contributed by atoms with van der Waals surface area (Å²) in [5.74, 6) is 0.761. The van der Waals surface area contributed by atoms with Crippen LogP contribution >= 0.6 is 0 Å². The van der Waals surface area contributed by atoms with Crippen molar-refractivity contribution in [1.82, 2.24) is 0 Å². The van der Waals surface area contributed by atoms with E-state index < -0.39 is 0 Å². The van der Waals surface area contributed by atoms with Gasteiger partial charge in [0.05, 0.1) is 20.2 Å². The molecular formula is C20H26N3O2+. The number of ether oxygens (including phenoxy) is 1. The second kappa shape index (κ2) is 8.53. The SMILES string of the molecule is COc1ccc(NC(=O)Nc2ccc(C[NH+]3CCCCC3)cc2)cc1. The Labute approximate surface area is 149 Å². The first kappa shape index (κ1) is 17.3. The standard InChI is InChI=1S/C20H25N3O2/c1-25-19-11-9-18(10-12-19)22-20(24)21-17-7-5-16(6-8-17)15-23-13-3-2-4-14-23/h5-12H,2-4,13-15H2,1H3,(H2,21,22,24)/p+1. The highest BCUT2D eigenvalue weighted by atomic mass is 16.5. The monoisotopic (exact) mass is 340 g/mol. The van der Waals surface area contributed by atoms with Crippen LogP contribution in [0.1, 0.15) is 24.8 Å². The molecule has 1 aliphatic rings. The summed E-state index contributed by atoms with van der Waals surface area (Å²) in [6.45, 7) is 3.60. The van der Waals surface area contributed by atoms with Gasteiger partial charge in [-0.2, -0.15) is 0 Å². The van der Waals surface area contributed by atoms with Crippen molar-refractivity contribution in [3.8, 4) is 5.75 Å². The molecule has 5 nitrogen and oxygen atoms in total. The van der Waals surface area contributed by atoms with Crippen molar-refractivity contribution in [2.24, 2.45) is 0 Å². The molecular weight excluding hydrogens is 314 g/mol. The lowest BCUT2D eigenvalue weighted by molar-refractivity contribution is -0.918. The highest BCUT2D eigenvalue weighted by Crippen LogP contribution is 2.16. The number of anilines is 2. The predicted octanol–water partition coefficient (Wildman–Crippen LogP) is 2.91. The number of benzene rings is 2. The molecule has 1 saturated heterocycles. The maximum atomic E-state index is 12.1. The quantitative estimate of drug-likeness (QED) is 0.784. The molecule has 132 valence electrons. The van der Waals surface area contributed by atoms with Gasteiger partial charge in [-0.25, -0.2) is 4.79 Å². The van der Waals surface area contributed by atoms with Crippen molar-refractivity contribution < 1.29 is 14.4 Å². The lowest BCUT2D eigenvalue weighted by atomic mass is 10.1. The predicted molar refractivity (Wildman–Crippen MR) is 100 cm³/mol. The average Bonchev–Trinajstić information content (AvgIpc) is 2.65. The number of piperidine rings is 1. The van der Waals surface area contributed by atoms with E-state index in [1.54, 1.807) is 12.0 Å². The molecule has 3 N–H and O–H groups in total. The summed E-state index contributed by atoms with van der Waals surface area (Å²) in [4.78, 5) is 13.7. The Kier molecular flexibility index (Phi) is 5.90. The molecule has 0 saturated carbocycles. The third kappa shape index (κ3) is 5.22. The highest BCUT2D eigenvalue weighted by Gasteiger charge is 2.13. The molecule has 0 atom stereocenters. The molecule has 5 heteroatoms. The third-order valence-corrected chi connectivity index (χ3v) is 4.57. The van der Waals surface area contributed by atoms with Crippen LogP contribution in [0.4, 0.5) is 16.2 Å². The third-order valence-electron chi connectivity index (χ3n) is 4.57. The van der Waals surface area contributed by atoms with Gasteiger partial charge in [-0.1, -0.05) is 12.1 Å². The second-order valence-electron chi connectivity index (χ2n) is 6.49. The van der Waals surface area contributed by atoms with Crippen molar-refractivity contribution in [3.63, 3.8) is 0 Å². The molecule has 0 spiro atoms. The van der Waals surface area contributed by atoms with Gasteiger partial charge in [0.2, 0.25) is 0 Å². The number of amides is 2. The average molecular weight is 340 g/mol. The number of likely N-dealkylation sites (tertiary alicyclic amines) is 1. The molecule has 0 bridgehead atoms. The maximum absolute atomic E-state index is 12.1. The van der Waals surface area contributed by atoms with Crippen molar-refractivity contribution in [2.75, 3.05) is 30.8 Å². The van der Waals surface area contributed by atoms with E-state index in [1.165, 1.54) is 37.9 Å². The van der Waals surface area contributed by atoms with E-state index >= 15 is 0 Å². The molecule has 2 amide bonds. The molecule has 2 aromatic rings. The summed E-state index contributed by atoms with van der Waals surface area (Å²) in [5.41, 5.74) is 2.84. The van der Waals surface area contributed by atoms with Crippen LogP contribution in [0.2, 0.25) is 0 Å². The number of carbonyl (C=O) groups is 1. The number of carbonyl (C=O) groups excluding carboxylic acids is 1.